The Morgan fingerprint density at radius 3 is 1.32 bits per heavy atom. The van der Waals surface area contributed by atoms with Gasteiger partial charge in [0.25, 0.3) is 0 Å². The average Bonchev–Trinajstić information content (AvgIpc) is 3.36. The van der Waals surface area contributed by atoms with Crippen molar-refractivity contribution >= 4 is 53.9 Å². The zero-order valence-corrected chi connectivity index (χ0v) is 33.7. The molecule has 1 heterocycles. The maximum Gasteiger partial charge on any atom is 0.164 e. The first kappa shape index (κ1) is 35.7. The van der Waals surface area contributed by atoms with E-state index in [4.69, 9.17) is 15.0 Å². The van der Waals surface area contributed by atoms with E-state index in [1.807, 2.05) is 18.2 Å². The lowest BCUT2D eigenvalue weighted by molar-refractivity contribution is 1.07. The van der Waals surface area contributed by atoms with Gasteiger partial charge in [0.1, 0.15) is 0 Å². The summed E-state index contributed by atoms with van der Waals surface area (Å²) in [6, 6.07) is 80.2. The van der Waals surface area contributed by atoms with Gasteiger partial charge in [-0.2, -0.15) is 0 Å². The number of fused-ring (bicyclic) bond motifs is 9. The van der Waals surface area contributed by atoms with E-state index < -0.39 is 0 Å². The summed E-state index contributed by atoms with van der Waals surface area (Å²) >= 11 is 0. The molecule has 0 spiro atoms. The molecule has 0 aliphatic rings. The molecule has 288 valence electrons. The van der Waals surface area contributed by atoms with Gasteiger partial charge in [-0.3, -0.25) is 0 Å². The number of rotatable bonds is 6. The zero-order valence-electron chi connectivity index (χ0n) is 33.7. The number of benzene rings is 11. The molecule has 0 saturated heterocycles. The third kappa shape index (κ3) is 6.18. The number of hydrogen-bond donors (Lipinski definition) is 0. The van der Waals surface area contributed by atoms with Crippen LogP contribution in [0.2, 0.25) is 0 Å². The summed E-state index contributed by atoms with van der Waals surface area (Å²) in [4.78, 5) is 15.2. The lowest BCUT2D eigenvalue weighted by Gasteiger charge is -2.16. The molecule has 0 atom stereocenters. The minimum absolute atomic E-state index is 0.630. The van der Waals surface area contributed by atoms with Gasteiger partial charge in [0.15, 0.2) is 17.5 Å². The van der Waals surface area contributed by atoms with Crippen molar-refractivity contribution in [3.05, 3.63) is 224 Å². The summed E-state index contributed by atoms with van der Waals surface area (Å²) in [5, 5.41) is 12.6. The van der Waals surface area contributed by atoms with E-state index in [0.717, 1.165) is 33.4 Å². The topological polar surface area (TPSA) is 38.7 Å². The van der Waals surface area contributed by atoms with Gasteiger partial charge in [0.05, 0.1) is 0 Å². The molecule has 0 amide bonds. The van der Waals surface area contributed by atoms with Gasteiger partial charge in [-0.1, -0.05) is 200 Å². The first-order valence-corrected chi connectivity index (χ1v) is 21.1. The predicted octanol–water partition coefficient (Wildman–Crippen LogP) is 15.6. The van der Waals surface area contributed by atoms with Gasteiger partial charge in [-0.05, 0) is 112 Å². The van der Waals surface area contributed by atoms with Gasteiger partial charge in [-0.25, -0.2) is 15.0 Å². The number of hydrogen-bond acceptors (Lipinski definition) is 3. The van der Waals surface area contributed by atoms with Crippen molar-refractivity contribution in [3.63, 3.8) is 0 Å². The van der Waals surface area contributed by atoms with E-state index in [1.54, 1.807) is 0 Å². The second-order valence-corrected chi connectivity index (χ2v) is 16.0. The average molecular weight is 788 g/mol. The fraction of sp³-hybridized carbons (Fsp3) is 0. The van der Waals surface area contributed by atoms with E-state index in [0.29, 0.717) is 17.5 Å². The van der Waals surface area contributed by atoms with Crippen molar-refractivity contribution in [1.29, 1.82) is 0 Å². The Hall–Kier alpha value is -8.27. The maximum atomic E-state index is 5.13. The number of nitrogens with zero attached hydrogens (tertiary/aromatic N) is 3. The first-order valence-electron chi connectivity index (χ1n) is 21.1. The third-order valence-corrected chi connectivity index (χ3v) is 12.3. The Kier molecular flexibility index (Phi) is 8.50. The molecule has 0 N–H and O–H groups in total. The largest absolute Gasteiger partial charge is 0.208 e. The van der Waals surface area contributed by atoms with Crippen molar-refractivity contribution in [1.82, 2.24) is 15.0 Å². The molecule has 0 aliphatic heterocycles. The molecule has 3 nitrogen and oxygen atoms in total. The van der Waals surface area contributed by atoms with Gasteiger partial charge in [0.2, 0.25) is 0 Å². The minimum Gasteiger partial charge on any atom is -0.208 e. The molecule has 0 unspecified atom stereocenters. The van der Waals surface area contributed by atoms with Crippen LogP contribution in [-0.4, -0.2) is 15.0 Å². The van der Waals surface area contributed by atoms with Gasteiger partial charge < -0.3 is 0 Å². The highest BCUT2D eigenvalue weighted by Crippen LogP contribution is 2.43. The summed E-state index contributed by atoms with van der Waals surface area (Å²) in [6.07, 6.45) is 0. The Labute approximate surface area is 359 Å². The summed E-state index contributed by atoms with van der Waals surface area (Å²) in [6.45, 7) is 0. The van der Waals surface area contributed by atoms with E-state index in [9.17, 15) is 0 Å². The lowest BCUT2D eigenvalue weighted by Crippen LogP contribution is -2.00. The third-order valence-electron chi connectivity index (χ3n) is 12.3. The normalized spacial score (nSPS) is 11.5. The van der Waals surface area contributed by atoms with Crippen LogP contribution >= 0.6 is 0 Å². The molecular formula is C59H37N3. The highest BCUT2D eigenvalue weighted by atomic mass is 15.0. The van der Waals surface area contributed by atoms with E-state index in [2.05, 4.69) is 206 Å². The van der Waals surface area contributed by atoms with Crippen LogP contribution in [0.15, 0.2) is 224 Å². The van der Waals surface area contributed by atoms with Crippen LogP contribution in [0, 0.1) is 0 Å². The van der Waals surface area contributed by atoms with Gasteiger partial charge in [0, 0.05) is 16.7 Å². The van der Waals surface area contributed by atoms with Crippen molar-refractivity contribution in [2.75, 3.05) is 0 Å². The molecule has 12 aromatic rings. The van der Waals surface area contributed by atoms with Crippen LogP contribution in [0.25, 0.3) is 121 Å². The first-order chi connectivity index (χ1) is 30.7. The quantitative estimate of drug-likeness (QED) is 0.158. The molecule has 62 heavy (non-hydrogen) atoms. The molecule has 0 saturated carbocycles. The predicted molar refractivity (Wildman–Crippen MR) is 260 cm³/mol. The Bertz CT molecular complexity index is 3690. The molecule has 0 aliphatic carbocycles. The van der Waals surface area contributed by atoms with Crippen molar-refractivity contribution < 1.29 is 0 Å². The van der Waals surface area contributed by atoms with E-state index in [1.165, 1.54) is 70.6 Å². The maximum absolute atomic E-state index is 5.13. The molecule has 1 aromatic heterocycles. The van der Waals surface area contributed by atoms with Crippen LogP contribution in [0.5, 0.6) is 0 Å². The molecule has 12 rings (SSSR count). The van der Waals surface area contributed by atoms with E-state index in [-0.39, 0.29) is 0 Å². The monoisotopic (exact) mass is 787 g/mol. The molecule has 11 aromatic carbocycles. The summed E-state index contributed by atoms with van der Waals surface area (Å²) in [7, 11) is 0. The smallest absolute Gasteiger partial charge is 0.164 e. The van der Waals surface area contributed by atoms with Crippen LogP contribution in [0.4, 0.5) is 0 Å². The van der Waals surface area contributed by atoms with E-state index >= 15 is 0 Å². The van der Waals surface area contributed by atoms with Crippen molar-refractivity contribution in [3.8, 4) is 67.5 Å². The fourth-order valence-electron chi connectivity index (χ4n) is 9.24. The summed E-state index contributed by atoms with van der Waals surface area (Å²) < 4.78 is 0. The minimum atomic E-state index is 0.630. The van der Waals surface area contributed by atoms with Crippen molar-refractivity contribution in [2.45, 2.75) is 0 Å². The molecule has 0 fully saturated rings. The second kappa shape index (κ2) is 14.8. The van der Waals surface area contributed by atoms with Crippen molar-refractivity contribution in [2.24, 2.45) is 0 Å². The zero-order chi connectivity index (χ0) is 41.0. The SMILES string of the molecule is c1ccc(-c2nc(-c3ccc(-c4ccc5ccccc5c4)cc3)nc(-c3cccc(-c4cccc(-c5cc6c7ccccc7c7ccccc7c6c6ccccc56)c4)c3)n2)cc1. The number of aromatic nitrogens is 3. The highest BCUT2D eigenvalue weighted by Gasteiger charge is 2.17. The highest BCUT2D eigenvalue weighted by molar-refractivity contribution is 6.33. The van der Waals surface area contributed by atoms with Gasteiger partial charge in [-0.15, -0.1) is 0 Å². The standard InChI is InChI=1S/C59H37N3/c1-2-15-40(16-3-1)57-60-58(41-31-28-39(29-32-41)45-33-30-38-14-4-5-17-42(38)34-45)62-59(61-57)47-21-13-19-44(36-47)43-18-12-20-46(35-43)54-37-55-50-24-7-6-22-48(50)49-23-8-10-26-52(49)56(55)53-27-11-9-25-51(53)54/h1-37H. The molecule has 0 radical (unpaired) electrons. The lowest BCUT2D eigenvalue weighted by atomic mass is 9.87. The Morgan fingerprint density at radius 2 is 0.629 bits per heavy atom. The van der Waals surface area contributed by atoms with Crippen LogP contribution in [-0.2, 0) is 0 Å². The fourth-order valence-corrected chi connectivity index (χ4v) is 9.24. The molecular weight excluding hydrogens is 751 g/mol. The Morgan fingerprint density at radius 1 is 0.210 bits per heavy atom. The van der Waals surface area contributed by atoms with Crippen LogP contribution in [0.1, 0.15) is 0 Å². The molecule has 0 bridgehead atoms. The molecule has 3 heteroatoms. The summed E-state index contributed by atoms with van der Waals surface area (Å²) in [5.41, 5.74) is 9.72. The van der Waals surface area contributed by atoms with Crippen LogP contribution in [0.3, 0.4) is 0 Å². The summed E-state index contributed by atoms with van der Waals surface area (Å²) in [5.74, 6) is 1.90. The van der Waals surface area contributed by atoms with Gasteiger partial charge >= 0.3 is 0 Å². The Balaban J connectivity index is 0.955. The second-order valence-electron chi connectivity index (χ2n) is 16.0. The van der Waals surface area contributed by atoms with Crippen LogP contribution < -0.4 is 0 Å².